The summed E-state index contributed by atoms with van der Waals surface area (Å²) in [4.78, 5) is 36.0. The summed E-state index contributed by atoms with van der Waals surface area (Å²) in [5, 5.41) is 0. The van der Waals surface area contributed by atoms with Gasteiger partial charge in [-0.2, -0.15) is 0 Å². The van der Waals surface area contributed by atoms with E-state index in [9.17, 15) is 9.59 Å². The van der Waals surface area contributed by atoms with Gasteiger partial charge in [-0.1, -0.05) is 76.2 Å². The summed E-state index contributed by atoms with van der Waals surface area (Å²) in [6.45, 7) is 18.2. The van der Waals surface area contributed by atoms with Gasteiger partial charge < -0.3 is 24.5 Å². The van der Waals surface area contributed by atoms with Gasteiger partial charge in [0.2, 0.25) is 11.8 Å². The first-order chi connectivity index (χ1) is 27.8. The fourth-order valence-corrected chi connectivity index (χ4v) is 9.24. The molecule has 1 atom stereocenters. The summed E-state index contributed by atoms with van der Waals surface area (Å²) in [6.07, 6.45) is 15.0. The Balaban J connectivity index is 1.07. The summed E-state index contributed by atoms with van der Waals surface area (Å²) in [5.74, 6) is 0.887. The van der Waals surface area contributed by atoms with Crippen LogP contribution in [0, 0.1) is 13.8 Å². The van der Waals surface area contributed by atoms with Crippen molar-refractivity contribution in [3.05, 3.63) is 118 Å². The van der Waals surface area contributed by atoms with E-state index in [0.29, 0.717) is 30.6 Å². The first-order valence-corrected chi connectivity index (χ1v) is 23.2. The number of hydrogen-bond donors (Lipinski definition) is 0. The Hall–Kier alpha value is -4.41. The van der Waals surface area contributed by atoms with Crippen LogP contribution in [0.4, 0.5) is 11.4 Å². The topological polar surface area (TPSA) is 54.2 Å². The highest BCUT2D eigenvalue weighted by atomic mass is 33.1. The highest BCUT2D eigenvalue weighted by Crippen LogP contribution is 2.24. The Labute approximate surface area is 357 Å². The number of nitrogens with zero attached hydrogens (tertiary/aromatic N) is 6. The number of amides is 2. The number of aryl methyl sites for hydroxylation is 2. The van der Waals surface area contributed by atoms with E-state index in [0.717, 1.165) is 56.0 Å². The molecule has 1 aromatic heterocycles. The number of aromatic nitrogens is 1. The minimum atomic E-state index is 0.0875. The number of likely N-dealkylation sites (N-methyl/N-ethyl adjacent to an activating group) is 1. The third kappa shape index (κ3) is 14.2. The van der Waals surface area contributed by atoms with Crippen molar-refractivity contribution in [1.82, 2.24) is 14.7 Å². The number of carbonyl (C=O) groups excluding carboxylic acids is 2. The molecule has 312 valence electrons. The quantitative estimate of drug-likeness (QED) is 0.0605. The van der Waals surface area contributed by atoms with Crippen molar-refractivity contribution in [3.63, 3.8) is 0 Å². The highest BCUT2D eigenvalue weighted by molar-refractivity contribution is 8.77. The molecule has 1 unspecified atom stereocenters. The summed E-state index contributed by atoms with van der Waals surface area (Å²) in [7, 11) is 10.8. The van der Waals surface area contributed by atoms with Crippen LogP contribution in [-0.4, -0.2) is 105 Å². The predicted molar refractivity (Wildman–Crippen MR) is 252 cm³/mol. The standard InChI is InChI=1S/C48H67N6O2S2/c1-11-53-37(3)31-43(32-38(53)4)17-15-41-19-23-45(24-20-41)49(7)27-13-29-51(9)47(55)35-57-58-36-48(56)52(10)30-14-28-50(8)46-25-21-42(22-26-46)16-18-44-33-39(5)54(12-2)40(6)34-44/h15-26,31-34,37H,11-14,27-30,35-36H2,1-10H3/q+1/b17-15+. The van der Waals surface area contributed by atoms with Crippen LogP contribution in [0.5, 0.6) is 0 Å². The van der Waals surface area contributed by atoms with Crippen molar-refractivity contribution in [2.45, 2.75) is 67.0 Å². The average molecular weight is 824 g/mol. The van der Waals surface area contributed by atoms with E-state index in [2.05, 4.69) is 172 Å². The molecule has 0 saturated carbocycles. The molecule has 58 heavy (non-hydrogen) atoms. The molecule has 1 aliphatic rings. The van der Waals surface area contributed by atoms with Gasteiger partial charge in [0.25, 0.3) is 0 Å². The molecule has 3 aromatic rings. The van der Waals surface area contributed by atoms with Crippen molar-refractivity contribution < 1.29 is 14.2 Å². The summed E-state index contributed by atoms with van der Waals surface area (Å²) < 4.78 is 2.31. The van der Waals surface area contributed by atoms with Crippen LogP contribution in [0.3, 0.4) is 0 Å². The van der Waals surface area contributed by atoms with Crippen molar-refractivity contribution in [1.29, 1.82) is 0 Å². The first kappa shape index (κ1) is 46.3. The molecule has 0 saturated heterocycles. The molecule has 0 fully saturated rings. The fraction of sp³-hybridized carbons (Fsp3) is 0.438. The van der Waals surface area contributed by atoms with E-state index < -0.39 is 0 Å². The van der Waals surface area contributed by atoms with Gasteiger partial charge in [-0.15, -0.1) is 0 Å². The molecular weight excluding hydrogens is 757 g/mol. The lowest BCUT2D eigenvalue weighted by Crippen LogP contribution is -2.39. The van der Waals surface area contributed by atoms with Crippen LogP contribution >= 0.6 is 21.6 Å². The van der Waals surface area contributed by atoms with Crippen molar-refractivity contribution in [3.8, 4) is 0 Å². The van der Waals surface area contributed by atoms with Crippen molar-refractivity contribution >= 4 is 63.0 Å². The predicted octanol–water partition coefficient (Wildman–Crippen LogP) is 9.00. The molecule has 2 amide bonds. The van der Waals surface area contributed by atoms with Gasteiger partial charge in [0.15, 0.2) is 11.4 Å². The molecule has 2 heterocycles. The van der Waals surface area contributed by atoms with Crippen LogP contribution in [0.1, 0.15) is 68.6 Å². The second-order valence-electron chi connectivity index (χ2n) is 15.3. The maximum Gasteiger partial charge on any atom is 0.233 e. The lowest BCUT2D eigenvalue weighted by molar-refractivity contribution is -0.705. The Morgan fingerprint density at radius 1 is 0.672 bits per heavy atom. The van der Waals surface area contributed by atoms with Crippen molar-refractivity contribution in [2.75, 3.05) is 82.2 Å². The number of allylic oxidation sites excluding steroid dienone is 4. The SMILES string of the molecule is CCN1C(C)=CC(/C=C/c2ccc(N(C)CCCN(C)C(=O)CSSCC(=O)N(C)CCCN(C)c3ccc(/C=C/c4cc(C)[n+](CC)c(C)c4)cc3)cc2)=CC1C. The van der Waals surface area contributed by atoms with E-state index in [1.54, 1.807) is 9.80 Å². The second-order valence-corrected chi connectivity index (χ2v) is 17.8. The maximum absolute atomic E-state index is 12.8. The third-order valence-corrected chi connectivity index (χ3v) is 13.0. The number of pyridine rings is 1. The molecule has 0 aliphatic carbocycles. The number of hydrogen-bond acceptors (Lipinski definition) is 7. The molecule has 0 bridgehead atoms. The number of carbonyl (C=O) groups is 2. The normalized spacial score (nSPS) is 14.2. The largest absolute Gasteiger partial charge is 0.375 e. The minimum Gasteiger partial charge on any atom is -0.375 e. The molecule has 4 rings (SSSR count). The second kappa shape index (κ2) is 23.2. The van der Waals surface area contributed by atoms with E-state index in [1.807, 2.05) is 14.1 Å². The summed E-state index contributed by atoms with van der Waals surface area (Å²) in [5.41, 5.74) is 11.0. The van der Waals surface area contributed by atoms with E-state index in [-0.39, 0.29) is 11.8 Å². The zero-order valence-corrected chi connectivity index (χ0v) is 38.3. The third-order valence-electron chi connectivity index (χ3n) is 10.9. The van der Waals surface area contributed by atoms with Crippen LogP contribution < -0.4 is 14.4 Å². The zero-order valence-electron chi connectivity index (χ0n) is 36.7. The smallest absolute Gasteiger partial charge is 0.233 e. The molecule has 0 radical (unpaired) electrons. The van der Waals surface area contributed by atoms with Gasteiger partial charge in [-0.25, -0.2) is 4.57 Å². The lowest BCUT2D eigenvalue weighted by atomic mass is 10.0. The van der Waals surface area contributed by atoms with Gasteiger partial charge in [0, 0.05) is 110 Å². The maximum atomic E-state index is 12.8. The molecule has 2 aromatic carbocycles. The molecule has 0 spiro atoms. The number of rotatable bonds is 21. The molecule has 1 aliphatic heterocycles. The van der Waals surface area contributed by atoms with Gasteiger partial charge in [0.05, 0.1) is 11.5 Å². The molecule has 8 nitrogen and oxygen atoms in total. The number of anilines is 2. The Kier molecular flexibility index (Phi) is 18.6. The monoisotopic (exact) mass is 823 g/mol. The highest BCUT2D eigenvalue weighted by Gasteiger charge is 2.16. The van der Waals surface area contributed by atoms with Crippen LogP contribution in [-0.2, 0) is 16.1 Å². The van der Waals surface area contributed by atoms with Gasteiger partial charge >= 0.3 is 0 Å². The van der Waals surface area contributed by atoms with E-state index in [1.165, 1.54) is 55.4 Å². The van der Waals surface area contributed by atoms with Crippen LogP contribution in [0.25, 0.3) is 18.2 Å². The van der Waals surface area contributed by atoms with Crippen LogP contribution in [0.2, 0.25) is 0 Å². The first-order valence-electron chi connectivity index (χ1n) is 20.7. The minimum absolute atomic E-state index is 0.0875. The molecular formula is C48H67N6O2S2+. The Morgan fingerprint density at radius 3 is 1.55 bits per heavy atom. The summed E-state index contributed by atoms with van der Waals surface area (Å²) in [6, 6.07) is 22.1. The van der Waals surface area contributed by atoms with Gasteiger partial charge in [-0.05, 0) is 93.1 Å². The number of benzene rings is 2. The lowest BCUT2D eigenvalue weighted by Gasteiger charge is -2.32. The molecule has 10 heteroatoms. The summed E-state index contributed by atoms with van der Waals surface area (Å²) >= 11 is 0. The Morgan fingerprint density at radius 2 is 1.12 bits per heavy atom. The van der Waals surface area contributed by atoms with E-state index >= 15 is 0 Å². The Bertz CT molecular complexity index is 1900. The fourth-order valence-electron chi connectivity index (χ4n) is 7.32. The van der Waals surface area contributed by atoms with Crippen molar-refractivity contribution in [2.24, 2.45) is 0 Å². The van der Waals surface area contributed by atoms with Crippen LogP contribution in [0.15, 0.2) is 90.2 Å². The van der Waals surface area contributed by atoms with Gasteiger partial charge in [0.1, 0.15) is 6.54 Å². The molecule has 0 N–H and O–H groups in total. The zero-order chi connectivity index (χ0) is 42.2. The van der Waals surface area contributed by atoms with E-state index in [4.69, 9.17) is 0 Å². The average Bonchev–Trinajstić information content (AvgIpc) is 3.20. The van der Waals surface area contributed by atoms with Gasteiger partial charge in [-0.3, -0.25) is 9.59 Å².